The van der Waals surface area contributed by atoms with Crippen molar-refractivity contribution in [2.45, 2.75) is 44.0 Å². The quantitative estimate of drug-likeness (QED) is 0.542. The van der Waals surface area contributed by atoms with E-state index in [1.807, 2.05) is 19.1 Å². The van der Waals surface area contributed by atoms with Gasteiger partial charge < -0.3 is 20.3 Å². The van der Waals surface area contributed by atoms with Crippen LogP contribution < -0.4 is 10.1 Å². The summed E-state index contributed by atoms with van der Waals surface area (Å²) < 4.78 is 7.29. The van der Waals surface area contributed by atoms with Crippen molar-refractivity contribution >= 4 is 17.5 Å². The molecule has 0 spiro atoms. The van der Waals surface area contributed by atoms with Gasteiger partial charge in [0, 0.05) is 19.1 Å². The monoisotopic (exact) mass is 435 g/mol. The number of hydrogen-bond donors (Lipinski definition) is 3. The van der Waals surface area contributed by atoms with Crippen LogP contribution in [0.25, 0.3) is 0 Å². The summed E-state index contributed by atoms with van der Waals surface area (Å²) in [5.74, 6) is 0.271. The lowest BCUT2D eigenvalue weighted by Gasteiger charge is -2.43. The first kappa shape index (κ1) is 21.0. The van der Waals surface area contributed by atoms with Crippen LogP contribution >= 0.6 is 11.6 Å². The lowest BCUT2D eigenvalue weighted by molar-refractivity contribution is 0.0533. The SMILES string of the molecule is CC(c1cccc(OCC(O)CO)c1Cl)N1CC(NC(=O)c2cn(C3CC3)nn2)C1. The molecule has 0 radical (unpaired) electrons. The number of carbonyl (C=O) groups is 1. The van der Waals surface area contributed by atoms with Gasteiger partial charge in [0.2, 0.25) is 0 Å². The Morgan fingerprint density at radius 3 is 2.87 bits per heavy atom. The van der Waals surface area contributed by atoms with Gasteiger partial charge in [-0.15, -0.1) is 5.10 Å². The molecule has 2 heterocycles. The van der Waals surface area contributed by atoms with E-state index < -0.39 is 6.10 Å². The lowest BCUT2D eigenvalue weighted by atomic mass is 10.00. The molecule has 2 fully saturated rings. The number of rotatable bonds is 9. The van der Waals surface area contributed by atoms with Gasteiger partial charge in [-0.25, -0.2) is 4.68 Å². The molecule has 2 atom stereocenters. The summed E-state index contributed by atoms with van der Waals surface area (Å²) in [5.41, 5.74) is 1.26. The van der Waals surface area contributed by atoms with Crippen LogP contribution in [-0.4, -0.2) is 74.5 Å². The molecule has 1 aliphatic heterocycles. The Kier molecular flexibility index (Phi) is 6.24. The van der Waals surface area contributed by atoms with Crippen molar-refractivity contribution < 1.29 is 19.7 Å². The summed E-state index contributed by atoms with van der Waals surface area (Å²) >= 11 is 6.51. The van der Waals surface area contributed by atoms with Crippen molar-refractivity contribution in [1.29, 1.82) is 0 Å². The molecule has 162 valence electrons. The average Bonchev–Trinajstić information content (AvgIpc) is 3.45. The zero-order valence-electron chi connectivity index (χ0n) is 16.7. The van der Waals surface area contributed by atoms with Gasteiger partial charge >= 0.3 is 0 Å². The third kappa shape index (κ3) is 4.59. The fraction of sp³-hybridized carbons (Fsp3) is 0.550. The number of nitrogens with zero attached hydrogens (tertiary/aromatic N) is 4. The normalized spacial score (nSPS) is 19.2. The molecule has 1 amide bonds. The fourth-order valence-corrected chi connectivity index (χ4v) is 3.81. The lowest BCUT2D eigenvalue weighted by Crippen LogP contribution is -2.59. The van der Waals surface area contributed by atoms with Gasteiger partial charge in [0.1, 0.15) is 18.5 Å². The molecule has 4 rings (SSSR count). The topological polar surface area (TPSA) is 113 Å². The Hall–Kier alpha value is -2.20. The standard InChI is InChI=1S/C20H26ClN5O4/c1-12(16-3-2-4-18(19(16)21)30-11-15(28)10-27)25-7-13(8-25)22-20(29)17-9-26(24-23-17)14-5-6-14/h2-4,9,12-15,27-28H,5-8,10-11H2,1H3,(H,22,29). The predicted octanol–water partition coefficient (Wildman–Crippen LogP) is 1.17. The van der Waals surface area contributed by atoms with Crippen molar-refractivity contribution in [2.24, 2.45) is 0 Å². The second kappa shape index (κ2) is 8.89. The van der Waals surface area contributed by atoms with Gasteiger partial charge in [0.15, 0.2) is 5.69 Å². The average molecular weight is 436 g/mol. The highest BCUT2D eigenvalue weighted by molar-refractivity contribution is 6.32. The summed E-state index contributed by atoms with van der Waals surface area (Å²) in [7, 11) is 0. The fourth-order valence-electron chi connectivity index (χ4n) is 3.48. The highest BCUT2D eigenvalue weighted by atomic mass is 35.5. The van der Waals surface area contributed by atoms with E-state index in [1.54, 1.807) is 16.9 Å². The van der Waals surface area contributed by atoms with Crippen LogP contribution in [0.15, 0.2) is 24.4 Å². The molecule has 10 heteroatoms. The van der Waals surface area contributed by atoms with Crippen LogP contribution in [0.4, 0.5) is 0 Å². The van der Waals surface area contributed by atoms with Crippen molar-refractivity contribution in [3.8, 4) is 5.75 Å². The van der Waals surface area contributed by atoms with E-state index in [2.05, 4.69) is 20.5 Å². The smallest absolute Gasteiger partial charge is 0.273 e. The van der Waals surface area contributed by atoms with E-state index in [4.69, 9.17) is 21.4 Å². The van der Waals surface area contributed by atoms with Crippen molar-refractivity contribution in [3.63, 3.8) is 0 Å². The number of nitrogens with one attached hydrogen (secondary N) is 1. The first-order chi connectivity index (χ1) is 14.5. The van der Waals surface area contributed by atoms with Crippen LogP contribution in [0.5, 0.6) is 5.75 Å². The van der Waals surface area contributed by atoms with Crippen LogP contribution in [0.2, 0.25) is 5.02 Å². The van der Waals surface area contributed by atoms with E-state index in [-0.39, 0.29) is 31.2 Å². The van der Waals surface area contributed by atoms with Gasteiger partial charge in [0.25, 0.3) is 5.91 Å². The minimum absolute atomic E-state index is 0.0305. The first-order valence-corrected chi connectivity index (χ1v) is 10.5. The first-order valence-electron chi connectivity index (χ1n) is 10.1. The van der Waals surface area contributed by atoms with E-state index in [0.717, 1.165) is 18.4 Å². The number of amides is 1. The molecule has 1 aromatic carbocycles. The number of halogens is 1. The number of hydrogen-bond acceptors (Lipinski definition) is 7. The Morgan fingerprint density at radius 1 is 1.40 bits per heavy atom. The van der Waals surface area contributed by atoms with Crippen molar-refractivity contribution in [3.05, 3.63) is 40.7 Å². The molecule has 1 aliphatic carbocycles. The Balaban J connectivity index is 1.30. The third-order valence-corrected chi connectivity index (χ3v) is 5.95. The maximum atomic E-state index is 12.4. The number of likely N-dealkylation sites (tertiary alicyclic amines) is 1. The molecule has 1 saturated heterocycles. The summed E-state index contributed by atoms with van der Waals surface area (Å²) in [6.07, 6.45) is 2.95. The second-order valence-electron chi connectivity index (χ2n) is 7.92. The summed E-state index contributed by atoms with van der Waals surface area (Å²) in [6, 6.07) is 5.99. The highest BCUT2D eigenvalue weighted by Gasteiger charge is 2.34. The molecule has 2 unspecified atom stereocenters. The molecule has 2 aliphatic rings. The number of aliphatic hydroxyl groups excluding tert-OH is 2. The molecule has 0 bridgehead atoms. The van der Waals surface area contributed by atoms with Gasteiger partial charge in [0.05, 0.1) is 29.9 Å². The third-order valence-electron chi connectivity index (χ3n) is 5.54. The largest absolute Gasteiger partial charge is 0.489 e. The van der Waals surface area contributed by atoms with Crippen molar-refractivity contribution in [2.75, 3.05) is 26.3 Å². The molecular weight excluding hydrogens is 410 g/mol. The second-order valence-corrected chi connectivity index (χ2v) is 8.30. The van der Waals surface area contributed by atoms with Crippen LogP contribution in [0, 0.1) is 0 Å². The van der Waals surface area contributed by atoms with Gasteiger partial charge in [-0.1, -0.05) is 28.9 Å². The van der Waals surface area contributed by atoms with Crippen molar-refractivity contribution in [1.82, 2.24) is 25.2 Å². The van der Waals surface area contributed by atoms with E-state index in [1.165, 1.54) is 0 Å². The Labute approximate surface area is 179 Å². The molecule has 30 heavy (non-hydrogen) atoms. The highest BCUT2D eigenvalue weighted by Crippen LogP contribution is 2.36. The minimum atomic E-state index is -0.951. The van der Waals surface area contributed by atoms with Gasteiger partial charge in [-0.3, -0.25) is 9.69 Å². The molecular formula is C20H26ClN5O4. The number of carbonyl (C=O) groups excluding carboxylic acids is 1. The van der Waals surface area contributed by atoms with Crippen LogP contribution in [0.1, 0.15) is 47.9 Å². The van der Waals surface area contributed by atoms with Gasteiger partial charge in [-0.05, 0) is 31.4 Å². The maximum Gasteiger partial charge on any atom is 0.273 e. The Bertz CT molecular complexity index is 897. The number of aromatic nitrogens is 3. The van der Waals surface area contributed by atoms with E-state index in [0.29, 0.717) is 35.6 Å². The summed E-state index contributed by atoms with van der Waals surface area (Å²) in [6.45, 7) is 3.05. The molecule has 9 nitrogen and oxygen atoms in total. The molecule has 1 saturated carbocycles. The zero-order valence-corrected chi connectivity index (χ0v) is 17.5. The number of benzene rings is 1. The molecule has 2 aromatic rings. The number of ether oxygens (including phenoxy) is 1. The maximum absolute atomic E-state index is 12.4. The Morgan fingerprint density at radius 2 is 2.17 bits per heavy atom. The zero-order chi connectivity index (χ0) is 21.3. The van der Waals surface area contributed by atoms with E-state index in [9.17, 15) is 9.90 Å². The molecule has 3 N–H and O–H groups in total. The minimum Gasteiger partial charge on any atom is -0.489 e. The van der Waals surface area contributed by atoms with Crippen LogP contribution in [-0.2, 0) is 0 Å². The summed E-state index contributed by atoms with van der Waals surface area (Å²) in [5, 5.41) is 29.9. The van der Waals surface area contributed by atoms with E-state index >= 15 is 0 Å². The predicted molar refractivity (Wildman–Crippen MR) is 110 cm³/mol. The number of aliphatic hydroxyl groups is 2. The van der Waals surface area contributed by atoms with Gasteiger partial charge in [-0.2, -0.15) is 0 Å². The molecule has 1 aromatic heterocycles. The summed E-state index contributed by atoms with van der Waals surface area (Å²) in [4.78, 5) is 14.6. The van der Waals surface area contributed by atoms with Crippen LogP contribution in [0.3, 0.4) is 0 Å².